The van der Waals surface area contributed by atoms with Crippen molar-refractivity contribution in [1.82, 2.24) is 5.32 Å². The molecule has 1 N–H and O–H groups in total. The van der Waals surface area contributed by atoms with E-state index in [9.17, 15) is 0 Å². The van der Waals surface area contributed by atoms with E-state index < -0.39 is 0 Å². The van der Waals surface area contributed by atoms with Crippen LogP contribution < -0.4 is 5.32 Å². The Morgan fingerprint density at radius 2 is 2.05 bits per heavy atom. The average molecular weight is 379 g/mol. The third-order valence-electron chi connectivity index (χ3n) is 2.82. The first kappa shape index (κ1) is 15.3. The topological polar surface area (TPSA) is 12.0 Å². The van der Waals surface area contributed by atoms with Crippen molar-refractivity contribution in [3.8, 4) is 0 Å². The molecule has 2 rings (SSSR count). The van der Waals surface area contributed by atoms with Crippen molar-refractivity contribution in [2.45, 2.75) is 19.4 Å². The van der Waals surface area contributed by atoms with Crippen LogP contribution in [0.3, 0.4) is 0 Å². The van der Waals surface area contributed by atoms with E-state index in [-0.39, 0.29) is 6.04 Å². The molecule has 5 heteroatoms. The zero-order chi connectivity index (χ0) is 13.8. The normalized spacial score (nSPS) is 12.6. The summed E-state index contributed by atoms with van der Waals surface area (Å²) < 4.78 is 1.10. The summed E-state index contributed by atoms with van der Waals surface area (Å²) in [5.41, 5.74) is 2.21. The lowest BCUT2D eigenvalue weighted by atomic mass is 10.0. The van der Waals surface area contributed by atoms with Gasteiger partial charge < -0.3 is 5.32 Å². The molecule has 0 bridgehead atoms. The number of rotatable bonds is 5. The molecular formula is C14H14BrCl2NS. The van der Waals surface area contributed by atoms with Crippen LogP contribution in [0.1, 0.15) is 30.5 Å². The smallest absolute Gasteiger partial charge is 0.0611 e. The van der Waals surface area contributed by atoms with E-state index in [1.807, 2.05) is 18.2 Å². The van der Waals surface area contributed by atoms with Gasteiger partial charge in [0.2, 0.25) is 0 Å². The van der Waals surface area contributed by atoms with Crippen molar-refractivity contribution in [3.05, 3.63) is 54.6 Å². The fourth-order valence-corrected chi connectivity index (χ4v) is 3.87. The molecule has 0 radical (unpaired) electrons. The molecule has 0 fully saturated rings. The molecule has 0 spiro atoms. The van der Waals surface area contributed by atoms with E-state index in [1.165, 1.54) is 5.56 Å². The van der Waals surface area contributed by atoms with Gasteiger partial charge in [-0.1, -0.05) is 30.1 Å². The Bertz CT molecular complexity index is 556. The highest BCUT2D eigenvalue weighted by Crippen LogP contribution is 2.35. The van der Waals surface area contributed by atoms with Gasteiger partial charge in [0.05, 0.1) is 6.04 Å². The average Bonchev–Trinajstić information content (AvgIpc) is 2.80. The number of halogens is 3. The standard InChI is InChI=1S/C14H14BrCl2NS/c1-2-5-18-14(11-7-19-8-12(11)15)10-6-9(16)3-4-13(10)17/h3-4,6-8,14,18H,2,5H2,1H3. The number of benzene rings is 1. The van der Waals surface area contributed by atoms with Gasteiger partial charge in [0, 0.05) is 19.9 Å². The molecule has 0 aliphatic rings. The molecule has 0 saturated heterocycles. The molecule has 0 amide bonds. The summed E-state index contributed by atoms with van der Waals surface area (Å²) in [5.74, 6) is 0. The van der Waals surface area contributed by atoms with Gasteiger partial charge >= 0.3 is 0 Å². The van der Waals surface area contributed by atoms with Gasteiger partial charge in [0.15, 0.2) is 0 Å². The Kier molecular flexibility index (Phi) is 5.72. The van der Waals surface area contributed by atoms with Gasteiger partial charge in [-0.2, -0.15) is 11.3 Å². The van der Waals surface area contributed by atoms with Crippen molar-refractivity contribution < 1.29 is 0 Å². The highest BCUT2D eigenvalue weighted by Gasteiger charge is 2.19. The lowest BCUT2D eigenvalue weighted by Crippen LogP contribution is -2.23. The zero-order valence-corrected chi connectivity index (χ0v) is 14.3. The third-order valence-corrected chi connectivity index (χ3v) is 5.15. The first-order valence-corrected chi connectivity index (χ1v) is 8.52. The summed E-state index contributed by atoms with van der Waals surface area (Å²) >= 11 is 17.7. The molecule has 0 aliphatic carbocycles. The van der Waals surface area contributed by atoms with E-state index in [1.54, 1.807) is 11.3 Å². The Balaban J connectivity index is 2.42. The Morgan fingerprint density at radius 1 is 1.26 bits per heavy atom. The molecule has 1 heterocycles. The Hall–Kier alpha value is -0.0600. The predicted molar refractivity (Wildman–Crippen MR) is 88.6 cm³/mol. The summed E-state index contributed by atoms with van der Waals surface area (Å²) in [6.07, 6.45) is 1.07. The first-order valence-electron chi connectivity index (χ1n) is 6.03. The fourth-order valence-electron chi connectivity index (χ4n) is 1.91. The number of nitrogens with one attached hydrogen (secondary N) is 1. The van der Waals surface area contributed by atoms with Crippen LogP contribution in [0.15, 0.2) is 33.4 Å². The summed E-state index contributed by atoms with van der Waals surface area (Å²) in [7, 11) is 0. The maximum atomic E-state index is 6.33. The monoisotopic (exact) mass is 377 g/mol. The van der Waals surface area contributed by atoms with Crippen LogP contribution in [0.4, 0.5) is 0 Å². The van der Waals surface area contributed by atoms with Crippen molar-refractivity contribution in [1.29, 1.82) is 0 Å². The van der Waals surface area contributed by atoms with Crippen LogP contribution in [0, 0.1) is 0 Å². The van der Waals surface area contributed by atoms with Crippen molar-refractivity contribution in [2.24, 2.45) is 0 Å². The second-order valence-corrected chi connectivity index (χ2v) is 6.67. The second-order valence-electron chi connectivity index (χ2n) is 4.23. The third kappa shape index (κ3) is 3.73. The van der Waals surface area contributed by atoms with Crippen LogP contribution >= 0.6 is 50.5 Å². The lowest BCUT2D eigenvalue weighted by molar-refractivity contribution is 0.598. The SMILES string of the molecule is CCCNC(c1cc(Cl)ccc1Cl)c1cscc1Br. The minimum Gasteiger partial charge on any atom is -0.306 e. The van der Waals surface area contributed by atoms with Gasteiger partial charge in [-0.05, 0) is 63.6 Å². The molecule has 1 aromatic carbocycles. The first-order chi connectivity index (χ1) is 9.13. The van der Waals surface area contributed by atoms with Gasteiger partial charge in [0.25, 0.3) is 0 Å². The number of thiophene rings is 1. The van der Waals surface area contributed by atoms with E-state index in [0.717, 1.165) is 28.0 Å². The fraction of sp³-hybridized carbons (Fsp3) is 0.286. The maximum absolute atomic E-state index is 6.33. The summed E-state index contributed by atoms with van der Waals surface area (Å²) in [6, 6.07) is 5.65. The molecule has 1 aromatic heterocycles. The minimum atomic E-state index is 0.0618. The van der Waals surface area contributed by atoms with Gasteiger partial charge in [-0.15, -0.1) is 0 Å². The summed E-state index contributed by atoms with van der Waals surface area (Å²) in [4.78, 5) is 0. The van der Waals surface area contributed by atoms with Gasteiger partial charge in [-0.25, -0.2) is 0 Å². The second kappa shape index (κ2) is 7.09. The Morgan fingerprint density at radius 3 is 2.68 bits per heavy atom. The van der Waals surface area contributed by atoms with Crippen molar-refractivity contribution >= 4 is 50.5 Å². The van der Waals surface area contributed by atoms with Crippen molar-refractivity contribution in [3.63, 3.8) is 0 Å². The molecular weight excluding hydrogens is 365 g/mol. The highest BCUT2D eigenvalue weighted by molar-refractivity contribution is 9.10. The van der Waals surface area contributed by atoms with E-state index in [4.69, 9.17) is 23.2 Å². The summed E-state index contributed by atoms with van der Waals surface area (Å²) in [5, 5.41) is 9.18. The minimum absolute atomic E-state index is 0.0618. The molecule has 102 valence electrons. The molecule has 0 saturated carbocycles. The Labute approximate surface area is 136 Å². The molecule has 1 nitrogen and oxygen atoms in total. The number of hydrogen-bond donors (Lipinski definition) is 1. The van der Waals surface area contributed by atoms with Crippen LogP contribution in [-0.4, -0.2) is 6.54 Å². The maximum Gasteiger partial charge on any atom is 0.0611 e. The molecule has 2 aromatic rings. The molecule has 1 atom stereocenters. The molecule has 0 aliphatic heterocycles. The van der Waals surface area contributed by atoms with Crippen LogP contribution in [0.5, 0.6) is 0 Å². The molecule has 19 heavy (non-hydrogen) atoms. The molecule has 1 unspecified atom stereocenters. The predicted octanol–water partition coefficient (Wildman–Crippen LogP) is 5.91. The van der Waals surface area contributed by atoms with Gasteiger partial charge in [-0.3, -0.25) is 0 Å². The van der Waals surface area contributed by atoms with Crippen LogP contribution in [0.25, 0.3) is 0 Å². The van der Waals surface area contributed by atoms with Crippen LogP contribution in [-0.2, 0) is 0 Å². The summed E-state index contributed by atoms with van der Waals surface area (Å²) in [6.45, 7) is 3.07. The van der Waals surface area contributed by atoms with Crippen molar-refractivity contribution in [2.75, 3.05) is 6.54 Å². The van der Waals surface area contributed by atoms with Gasteiger partial charge in [0.1, 0.15) is 0 Å². The highest BCUT2D eigenvalue weighted by atomic mass is 79.9. The quantitative estimate of drug-likeness (QED) is 0.682. The van der Waals surface area contributed by atoms with E-state index in [0.29, 0.717) is 5.02 Å². The van der Waals surface area contributed by atoms with Crippen LogP contribution in [0.2, 0.25) is 10.0 Å². The largest absolute Gasteiger partial charge is 0.306 e. The number of hydrogen-bond acceptors (Lipinski definition) is 2. The lowest BCUT2D eigenvalue weighted by Gasteiger charge is -2.20. The zero-order valence-electron chi connectivity index (χ0n) is 10.4. The van der Waals surface area contributed by atoms with E-state index >= 15 is 0 Å². The van der Waals surface area contributed by atoms with E-state index in [2.05, 4.69) is 38.9 Å².